The van der Waals surface area contributed by atoms with E-state index in [-0.39, 0.29) is 54.7 Å². The summed E-state index contributed by atoms with van der Waals surface area (Å²) in [5, 5.41) is 8.50. The van der Waals surface area contributed by atoms with Gasteiger partial charge in [-0.3, -0.25) is 14.3 Å². The fourth-order valence-corrected chi connectivity index (χ4v) is 8.41. The highest BCUT2D eigenvalue weighted by Crippen LogP contribution is 2.43. The molecule has 1 aliphatic heterocycles. The highest BCUT2D eigenvalue weighted by Gasteiger charge is 2.64. The van der Waals surface area contributed by atoms with Crippen LogP contribution in [0.1, 0.15) is 83.3 Å². The molecule has 0 radical (unpaired) electrons. The van der Waals surface area contributed by atoms with E-state index in [1.54, 1.807) is 19.1 Å². The van der Waals surface area contributed by atoms with Gasteiger partial charge in [0.1, 0.15) is 11.7 Å². The predicted octanol–water partition coefficient (Wildman–Crippen LogP) is 9.05. The minimum Gasteiger partial charge on any atom is -0.489 e. The highest BCUT2D eigenvalue weighted by atomic mass is 31.1. The second kappa shape index (κ2) is 20.9. The first kappa shape index (κ1) is 42.3. The molecule has 0 amide bonds. The summed E-state index contributed by atoms with van der Waals surface area (Å²) in [6.45, 7) is 8.23. The molecule has 1 saturated heterocycles. The van der Waals surface area contributed by atoms with E-state index in [1.165, 1.54) is 24.0 Å². The third-order valence-corrected chi connectivity index (χ3v) is 11.1. The van der Waals surface area contributed by atoms with Gasteiger partial charge in [-0.05, 0) is 66.0 Å². The number of quaternary nitrogens is 1. The molecule has 0 bridgehead atoms. The van der Waals surface area contributed by atoms with Crippen LogP contribution in [-0.4, -0.2) is 70.5 Å². The summed E-state index contributed by atoms with van der Waals surface area (Å²) in [7, 11) is -1.14. The van der Waals surface area contributed by atoms with Crippen LogP contribution in [0.2, 0.25) is 0 Å². The van der Waals surface area contributed by atoms with Crippen LogP contribution in [-0.2, 0) is 36.6 Å². The molecule has 3 unspecified atom stereocenters. The molecule has 3 aromatic carbocycles. The Balaban J connectivity index is 1.35. The Kier molecular flexibility index (Phi) is 15.5. The number of nitrogens with one attached hydrogen (secondary N) is 2. The number of benzene rings is 3. The van der Waals surface area contributed by atoms with Crippen LogP contribution < -0.4 is 20.4 Å². The number of rotatable bonds is 21. The Hall–Kier alpha value is -4.30. The van der Waals surface area contributed by atoms with Crippen LogP contribution in [0.3, 0.4) is 0 Å². The van der Waals surface area contributed by atoms with Gasteiger partial charge in [-0.25, -0.2) is 8.87 Å². The van der Waals surface area contributed by atoms with E-state index < -0.39 is 20.6 Å². The summed E-state index contributed by atoms with van der Waals surface area (Å²) in [6.07, 6.45) is 6.61. The summed E-state index contributed by atoms with van der Waals surface area (Å²) >= 11 is 0. The summed E-state index contributed by atoms with van der Waals surface area (Å²) in [4.78, 5) is 20.7. The normalized spacial score (nSPS) is 19.0. The number of nitrogens with zero attached hydrogens (tertiary/aromatic N) is 5. The van der Waals surface area contributed by atoms with Crippen LogP contribution in [0, 0.1) is 5.82 Å². The van der Waals surface area contributed by atoms with Gasteiger partial charge in [-0.15, -0.1) is 0 Å². The molecule has 57 heavy (non-hydrogen) atoms. The minimum absolute atomic E-state index is 0.0408. The van der Waals surface area contributed by atoms with Gasteiger partial charge in [-0.1, -0.05) is 92.4 Å². The van der Waals surface area contributed by atoms with E-state index in [4.69, 9.17) is 38.5 Å². The number of hydrogen-bond acceptors (Lipinski definition) is 12. The van der Waals surface area contributed by atoms with Gasteiger partial charge in [0.15, 0.2) is 11.6 Å². The second-order valence-electron chi connectivity index (χ2n) is 14.4. The van der Waals surface area contributed by atoms with Crippen molar-refractivity contribution in [1.29, 1.82) is 0 Å². The summed E-state index contributed by atoms with van der Waals surface area (Å²) < 4.78 is 53.3. The number of anilines is 4. The molecule has 2 N–H and O–H groups in total. The molecular weight excluding hydrogens is 748 g/mol. The van der Waals surface area contributed by atoms with Crippen molar-refractivity contribution < 1.29 is 37.0 Å². The van der Waals surface area contributed by atoms with Gasteiger partial charge in [0.2, 0.25) is 11.9 Å². The standard InChI is InChI=1S/C42H57FN7O6P/c1-4-50(42(56-57-51,53-30-32-19-11-9-12-20-32)54-31-33-21-13-10-14-22-33)28-18-25-35(50)29-44-39-46-40(45-34-23-15-7-8-16-24-34)48-41(47-39)49(55-6-3)37-27-17-26-36(43)38(37)52-5-2/h9-14,17,19-22,26-27,34-35,57H,4-8,15-16,18,23-25,28-31H2,1-3H3,(H2,44,45,46,47,48)/q+2. The summed E-state index contributed by atoms with van der Waals surface area (Å²) in [6, 6.07) is 24.4. The van der Waals surface area contributed by atoms with E-state index in [2.05, 4.69) is 17.6 Å². The number of halogens is 1. The zero-order valence-corrected chi connectivity index (χ0v) is 34.3. The maximum atomic E-state index is 15.2. The molecule has 15 heteroatoms. The highest BCUT2D eigenvalue weighted by molar-refractivity contribution is 7.17. The topological polar surface area (TPSA) is 129 Å². The van der Waals surface area contributed by atoms with Gasteiger partial charge in [0.25, 0.3) is 5.95 Å². The molecule has 1 aliphatic carbocycles. The van der Waals surface area contributed by atoms with E-state index in [0.29, 0.717) is 37.2 Å². The lowest BCUT2D eigenvalue weighted by Crippen LogP contribution is -2.70. The average Bonchev–Trinajstić information content (AvgIpc) is 3.50. The Morgan fingerprint density at radius 3 is 2.09 bits per heavy atom. The van der Waals surface area contributed by atoms with Gasteiger partial charge in [-0.2, -0.15) is 20.0 Å². The van der Waals surface area contributed by atoms with Crippen molar-refractivity contribution in [2.45, 2.75) is 104 Å². The molecule has 306 valence electrons. The summed E-state index contributed by atoms with van der Waals surface area (Å²) in [5.41, 5.74) is 2.20. The van der Waals surface area contributed by atoms with Gasteiger partial charge >= 0.3 is 14.8 Å². The smallest absolute Gasteiger partial charge is 0.489 e. The van der Waals surface area contributed by atoms with Gasteiger partial charge < -0.3 is 15.4 Å². The van der Waals surface area contributed by atoms with Gasteiger partial charge in [0, 0.05) is 18.9 Å². The number of likely N-dealkylation sites (tertiary alicyclic amines) is 1. The lowest BCUT2D eigenvalue weighted by Gasteiger charge is -2.47. The minimum atomic E-state index is -1.70. The third kappa shape index (κ3) is 10.4. The van der Waals surface area contributed by atoms with Crippen molar-refractivity contribution in [2.75, 3.05) is 48.5 Å². The number of likely N-dealkylation sites (N-methyl/N-ethyl adjacent to an activating group) is 1. The molecule has 3 atom stereocenters. The molecule has 6 rings (SSSR count). The Morgan fingerprint density at radius 1 is 0.807 bits per heavy atom. The maximum absolute atomic E-state index is 15.2. The fourth-order valence-electron chi connectivity index (χ4n) is 8.01. The largest absolute Gasteiger partial charge is 0.504 e. The van der Waals surface area contributed by atoms with Crippen molar-refractivity contribution in [3.63, 3.8) is 0 Å². The van der Waals surface area contributed by atoms with Crippen LogP contribution >= 0.6 is 8.69 Å². The van der Waals surface area contributed by atoms with Crippen LogP contribution in [0.15, 0.2) is 78.9 Å². The molecule has 2 aliphatic rings. The molecule has 2 fully saturated rings. The van der Waals surface area contributed by atoms with Crippen molar-refractivity contribution in [1.82, 2.24) is 15.0 Å². The lowest BCUT2D eigenvalue weighted by atomic mass is 10.1. The third-order valence-electron chi connectivity index (χ3n) is 10.8. The number of aromatic nitrogens is 3. The Morgan fingerprint density at radius 2 is 1.47 bits per heavy atom. The zero-order valence-electron chi connectivity index (χ0n) is 33.3. The monoisotopic (exact) mass is 805 g/mol. The van der Waals surface area contributed by atoms with Gasteiger partial charge in [0.05, 0.1) is 46.1 Å². The van der Waals surface area contributed by atoms with E-state index in [0.717, 1.165) is 49.7 Å². The van der Waals surface area contributed by atoms with Crippen LogP contribution in [0.5, 0.6) is 5.75 Å². The first-order valence-electron chi connectivity index (χ1n) is 20.3. The molecule has 2 heterocycles. The molecular formula is C42H57FN7O6P+2. The molecule has 0 spiro atoms. The Labute approximate surface area is 337 Å². The molecule has 1 aromatic heterocycles. The van der Waals surface area contributed by atoms with Crippen LogP contribution in [0.4, 0.5) is 27.9 Å². The number of hydrogen-bond donors (Lipinski definition) is 2. The lowest BCUT2D eigenvalue weighted by molar-refractivity contribution is -1.06. The predicted molar refractivity (Wildman–Crippen MR) is 219 cm³/mol. The first-order chi connectivity index (χ1) is 27.9. The average molecular weight is 806 g/mol. The maximum Gasteiger partial charge on any atom is 0.504 e. The van der Waals surface area contributed by atoms with Crippen molar-refractivity contribution in [3.8, 4) is 5.75 Å². The fraction of sp³-hybridized carbons (Fsp3) is 0.500. The SMILES string of the molecule is CCOc1c(F)cccc1N(OCC)c1nc(NCC2CCC[N+]2(CC)C(OCc2ccccc2)(OCc2ccccc2)O[PH+]=O)nc(NC2CCCCCC2)n1. The van der Waals surface area contributed by atoms with E-state index in [1.807, 2.05) is 67.6 Å². The van der Waals surface area contributed by atoms with E-state index in [9.17, 15) is 4.57 Å². The van der Waals surface area contributed by atoms with Crippen molar-refractivity contribution >= 4 is 32.2 Å². The Bertz CT molecular complexity index is 1800. The molecule has 4 aromatic rings. The summed E-state index contributed by atoms with van der Waals surface area (Å²) in [5.74, 6) is 0.385. The number of ether oxygens (including phenoxy) is 3. The van der Waals surface area contributed by atoms with Crippen LogP contribution in [0.25, 0.3) is 0 Å². The van der Waals surface area contributed by atoms with Crippen molar-refractivity contribution in [2.24, 2.45) is 0 Å². The molecule has 13 nitrogen and oxygen atoms in total. The first-order valence-corrected chi connectivity index (χ1v) is 21.1. The molecule has 1 saturated carbocycles. The van der Waals surface area contributed by atoms with E-state index >= 15 is 4.39 Å². The quantitative estimate of drug-likeness (QED) is 0.0274. The zero-order chi connectivity index (χ0) is 39.9. The second-order valence-corrected chi connectivity index (χ2v) is 14.7. The number of para-hydroxylation sites is 1. The van der Waals surface area contributed by atoms with Crippen molar-refractivity contribution in [3.05, 3.63) is 95.8 Å².